The lowest BCUT2D eigenvalue weighted by Crippen LogP contribution is -2.40. The molecule has 1 aromatic heterocycles. The molecule has 0 saturated carbocycles. The molecule has 11 heteroatoms. The van der Waals surface area contributed by atoms with Crippen molar-refractivity contribution in [3.8, 4) is 11.5 Å². The Morgan fingerprint density at radius 1 is 1.17 bits per heavy atom. The van der Waals surface area contributed by atoms with Crippen LogP contribution < -0.4 is 24.4 Å². The molecule has 0 fully saturated rings. The number of nitrogens with zero attached hydrogens (tertiary/aromatic N) is 3. The molecule has 3 aromatic rings. The van der Waals surface area contributed by atoms with Crippen molar-refractivity contribution in [2.45, 2.75) is 53.2 Å². The Balaban J connectivity index is 1.90. The van der Waals surface area contributed by atoms with E-state index in [1.54, 1.807) is 57.2 Å². The number of ether oxygens (including phenoxy) is 3. The average molecular weight is 580 g/mol. The van der Waals surface area contributed by atoms with Crippen LogP contribution >= 0.6 is 11.3 Å². The van der Waals surface area contributed by atoms with Crippen molar-refractivity contribution in [3.05, 3.63) is 94.7 Å². The molecule has 216 valence electrons. The summed E-state index contributed by atoms with van der Waals surface area (Å²) in [5.74, 6) is 0.892. The number of aromatic nitrogens is 1. The lowest BCUT2D eigenvalue weighted by Gasteiger charge is -2.26. The van der Waals surface area contributed by atoms with E-state index >= 15 is 0 Å². The molecule has 41 heavy (non-hydrogen) atoms. The number of esters is 1. The Hall–Kier alpha value is -4.25. The zero-order valence-corrected chi connectivity index (χ0v) is 24.7. The molecule has 1 unspecified atom stereocenters. The largest absolute Gasteiger partial charge is 0.493 e. The highest BCUT2D eigenvalue weighted by Crippen LogP contribution is 2.36. The maximum absolute atomic E-state index is 13.9. The van der Waals surface area contributed by atoms with Gasteiger partial charge in [0.25, 0.3) is 11.2 Å². The molecule has 1 aliphatic heterocycles. The summed E-state index contributed by atoms with van der Waals surface area (Å²) in [5.41, 5.74) is 0.968. The van der Waals surface area contributed by atoms with Gasteiger partial charge in [-0.3, -0.25) is 19.5 Å². The van der Waals surface area contributed by atoms with Crippen LogP contribution in [0.1, 0.15) is 58.2 Å². The van der Waals surface area contributed by atoms with E-state index in [1.165, 1.54) is 23.8 Å². The van der Waals surface area contributed by atoms with Gasteiger partial charge in [0.1, 0.15) is 0 Å². The van der Waals surface area contributed by atoms with Crippen LogP contribution in [0.2, 0.25) is 0 Å². The van der Waals surface area contributed by atoms with Crippen LogP contribution in [0, 0.1) is 16.0 Å². The zero-order chi connectivity index (χ0) is 29.8. The number of carbonyl (C=O) groups excluding carboxylic acids is 1. The predicted octanol–water partition coefficient (Wildman–Crippen LogP) is 4.53. The van der Waals surface area contributed by atoms with Crippen LogP contribution in [0.15, 0.2) is 63.5 Å². The summed E-state index contributed by atoms with van der Waals surface area (Å²) >= 11 is 1.10. The second-order valence-electron chi connectivity index (χ2n) is 10.3. The van der Waals surface area contributed by atoms with Crippen molar-refractivity contribution in [1.29, 1.82) is 0 Å². The quantitative estimate of drug-likeness (QED) is 0.197. The van der Waals surface area contributed by atoms with Gasteiger partial charge in [-0.25, -0.2) is 9.79 Å². The third-order valence-corrected chi connectivity index (χ3v) is 7.44. The van der Waals surface area contributed by atoms with Crippen LogP contribution in [-0.4, -0.2) is 35.3 Å². The standard InChI is InChI=1S/C30H33N3O7S/c1-17(2)13-14-39-23-12-11-21(15-24(23)38-6)27-26(29(35)40-18(3)4)19(5)31-30-32(27)28(34)25(41-30)16-20-9-7-8-10-22(20)33(36)37/h7-12,15-18,27H,13-14H2,1-6H3. The van der Waals surface area contributed by atoms with E-state index in [4.69, 9.17) is 14.2 Å². The SMILES string of the molecule is COc1cc(C2C(C(=O)OC(C)C)=C(C)N=c3sc(=Cc4ccccc4[N+](=O)[O-])c(=O)n32)ccc1OCCC(C)C. The van der Waals surface area contributed by atoms with E-state index in [-0.39, 0.29) is 15.8 Å². The fourth-order valence-corrected chi connectivity index (χ4v) is 5.51. The summed E-state index contributed by atoms with van der Waals surface area (Å²) in [5, 5.41) is 11.6. The summed E-state index contributed by atoms with van der Waals surface area (Å²) in [7, 11) is 1.53. The lowest BCUT2D eigenvalue weighted by atomic mass is 9.95. The smallest absolute Gasteiger partial charge is 0.338 e. The van der Waals surface area contributed by atoms with Gasteiger partial charge < -0.3 is 14.2 Å². The maximum atomic E-state index is 13.9. The molecule has 0 bridgehead atoms. The molecule has 1 atom stereocenters. The van der Waals surface area contributed by atoms with E-state index in [9.17, 15) is 19.7 Å². The number of benzene rings is 2. The minimum Gasteiger partial charge on any atom is -0.493 e. The normalized spacial score (nSPS) is 15.1. The van der Waals surface area contributed by atoms with E-state index in [2.05, 4.69) is 18.8 Å². The zero-order valence-electron chi connectivity index (χ0n) is 23.9. The van der Waals surface area contributed by atoms with Gasteiger partial charge in [0, 0.05) is 6.07 Å². The molecule has 0 amide bonds. The van der Waals surface area contributed by atoms with Gasteiger partial charge in [-0.05, 0) is 62.9 Å². The number of rotatable bonds is 10. The Morgan fingerprint density at radius 2 is 1.90 bits per heavy atom. The van der Waals surface area contributed by atoms with Crippen molar-refractivity contribution < 1.29 is 23.9 Å². The number of nitro benzene ring substituents is 1. The molecule has 10 nitrogen and oxygen atoms in total. The van der Waals surface area contributed by atoms with Crippen LogP contribution in [-0.2, 0) is 9.53 Å². The molecule has 4 rings (SSSR count). The summed E-state index contributed by atoms with van der Waals surface area (Å²) < 4.78 is 18.8. The van der Waals surface area contributed by atoms with Crippen LogP contribution in [0.25, 0.3) is 6.08 Å². The fraction of sp³-hybridized carbons (Fsp3) is 0.367. The number of hydrogen-bond acceptors (Lipinski definition) is 9. The van der Waals surface area contributed by atoms with E-state index in [1.807, 2.05) is 0 Å². The number of carbonyl (C=O) groups is 1. The first-order chi connectivity index (χ1) is 19.5. The van der Waals surface area contributed by atoms with Gasteiger partial charge in [-0.15, -0.1) is 0 Å². The molecule has 0 aliphatic carbocycles. The third kappa shape index (κ3) is 6.40. The fourth-order valence-electron chi connectivity index (χ4n) is 4.47. The summed E-state index contributed by atoms with van der Waals surface area (Å²) in [6.07, 6.45) is 1.96. The van der Waals surface area contributed by atoms with Gasteiger partial charge in [-0.1, -0.05) is 43.4 Å². The Bertz CT molecular complexity index is 1680. The number of methoxy groups -OCH3 is 1. The second-order valence-corrected chi connectivity index (χ2v) is 11.3. The first-order valence-electron chi connectivity index (χ1n) is 13.3. The Labute approximate surface area is 241 Å². The van der Waals surface area contributed by atoms with Gasteiger partial charge in [0.2, 0.25) is 0 Å². The van der Waals surface area contributed by atoms with E-state index < -0.39 is 28.6 Å². The molecular formula is C30H33N3O7S. The third-order valence-electron chi connectivity index (χ3n) is 6.46. The number of hydrogen-bond donors (Lipinski definition) is 0. The van der Waals surface area contributed by atoms with Crippen LogP contribution in [0.5, 0.6) is 11.5 Å². The summed E-state index contributed by atoms with van der Waals surface area (Å²) in [6.45, 7) is 9.93. The molecule has 2 aromatic carbocycles. The summed E-state index contributed by atoms with van der Waals surface area (Å²) in [4.78, 5) is 43.3. The van der Waals surface area contributed by atoms with Crippen molar-refractivity contribution >= 4 is 29.1 Å². The number of allylic oxidation sites excluding steroid dienone is 1. The lowest BCUT2D eigenvalue weighted by molar-refractivity contribution is -0.385. The van der Waals surface area contributed by atoms with Crippen molar-refractivity contribution in [3.63, 3.8) is 0 Å². The monoisotopic (exact) mass is 579 g/mol. The molecule has 2 heterocycles. The van der Waals surface area contributed by atoms with Gasteiger partial charge in [0.15, 0.2) is 16.3 Å². The molecule has 0 saturated heterocycles. The maximum Gasteiger partial charge on any atom is 0.338 e. The highest BCUT2D eigenvalue weighted by atomic mass is 32.1. The van der Waals surface area contributed by atoms with Crippen LogP contribution in [0.3, 0.4) is 0 Å². The molecule has 0 radical (unpaired) electrons. The van der Waals surface area contributed by atoms with E-state index in [0.29, 0.717) is 45.6 Å². The van der Waals surface area contributed by atoms with Gasteiger partial charge >= 0.3 is 5.97 Å². The van der Waals surface area contributed by atoms with Crippen LogP contribution in [0.4, 0.5) is 5.69 Å². The van der Waals surface area contributed by atoms with Gasteiger partial charge in [0.05, 0.1) is 52.2 Å². The highest BCUT2D eigenvalue weighted by Gasteiger charge is 2.34. The highest BCUT2D eigenvalue weighted by molar-refractivity contribution is 7.07. The summed E-state index contributed by atoms with van der Waals surface area (Å²) in [6, 6.07) is 10.6. The average Bonchev–Trinajstić information content (AvgIpc) is 3.21. The molecule has 0 spiro atoms. The molecule has 0 N–H and O–H groups in total. The molecular weight excluding hydrogens is 546 g/mol. The minimum atomic E-state index is -0.871. The van der Waals surface area contributed by atoms with Gasteiger partial charge in [-0.2, -0.15) is 0 Å². The first kappa shape index (κ1) is 29.7. The number of nitro groups is 1. The topological polar surface area (TPSA) is 122 Å². The van der Waals surface area contributed by atoms with Crippen molar-refractivity contribution in [1.82, 2.24) is 4.57 Å². The molecule has 1 aliphatic rings. The Morgan fingerprint density at radius 3 is 2.56 bits per heavy atom. The predicted molar refractivity (Wildman–Crippen MR) is 156 cm³/mol. The minimum absolute atomic E-state index is 0.120. The second kappa shape index (κ2) is 12.5. The number of para-hydroxylation sites is 1. The number of fused-ring (bicyclic) bond motifs is 1. The number of thiazole rings is 1. The van der Waals surface area contributed by atoms with Crippen molar-refractivity contribution in [2.75, 3.05) is 13.7 Å². The van der Waals surface area contributed by atoms with E-state index in [0.717, 1.165) is 17.8 Å². The van der Waals surface area contributed by atoms with Crippen molar-refractivity contribution in [2.24, 2.45) is 10.9 Å². The Kier molecular flexibility index (Phi) is 9.07. The first-order valence-corrected chi connectivity index (χ1v) is 14.1.